The average molecular weight is 500 g/mol. The number of rotatable bonds is 5. The van der Waals surface area contributed by atoms with E-state index >= 15 is 0 Å². The van der Waals surface area contributed by atoms with Crippen LogP contribution in [0.1, 0.15) is 54.2 Å². The zero-order valence-electron chi connectivity index (χ0n) is 19.5. The summed E-state index contributed by atoms with van der Waals surface area (Å²) in [6.45, 7) is 4.02. The first kappa shape index (κ1) is 23.8. The van der Waals surface area contributed by atoms with Crippen molar-refractivity contribution in [1.82, 2.24) is 4.68 Å². The monoisotopic (exact) mass is 500 g/mol. The molecule has 7 nitrogen and oxygen atoms in total. The molecule has 0 spiro atoms. The minimum absolute atomic E-state index is 0.0335. The molecule has 0 aliphatic carbocycles. The van der Waals surface area contributed by atoms with Crippen molar-refractivity contribution < 1.29 is 32.5 Å². The van der Waals surface area contributed by atoms with Gasteiger partial charge in [-0.3, -0.25) is 14.5 Å². The number of benzene rings is 2. The molecule has 5 rings (SSSR count). The molecule has 0 amide bonds. The van der Waals surface area contributed by atoms with E-state index in [4.69, 9.17) is 4.74 Å². The third-order valence-corrected chi connectivity index (χ3v) is 6.65. The van der Waals surface area contributed by atoms with Crippen LogP contribution in [-0.2, 0) is 6.61 Å². The Morgan fingerprint density at radius 2 is 1.86 bits per heavy atom. The van der Waals surface area contributed by atoms with Gasteiger partial charge in [-0.2, -0.15) is 0 Å². The zero-order valence-corrected chi connectivity index (χ0v) is 19.5. The van der Waals surface area contributed by atoms with E-state index in [2.05, 4.69) is 4.74 Å². The van der Waals surface area contributed by atoms with E-state index in [-0.39, 0.29) is 24.1 Å². The van der Waals surface area contributed by atoms with Gasteiger partial charge in [0.1, 0.15) is 12.2 Å². The van der Waals surface area contributed by atoms with Crippen LogP contribution in [0.4, 0.5) is 13.2 Å². The van der Waals surface area contributed by atoms with E-state index in [9.17, 15) is 27.9 Å². The smallest absolute Gasteiger partial charge is 0.485 e. The molecule has 1 saturated heterocycles. The Bertz CT molecular complexity index is 1400. The first-order chi connectivity index (χ1) is 16.9. The summed E-state index contributed by atoms with van der Waals surface area (Å²) in [5.74, 6) is -1.98. The fraction of sp³-hybridized carbons (Fsp3) is 0.308. The molecule has 2 aliphatic heterocycles. The van der Waals surface area contributed by atoms with Crippen molar-refractivity contribution in [2.75, 3.05) is 5.01 Å². The van der Waals surface area contributed by atoms with E-state index in [1.807, 2.05) is 24.9 Å². The highest BCUT2D eigenvalue weighted by Gasteiger charge is 2.46. The fourth-order valence-electron chi connectivity index (χ4n) is 5.07. The lowest BCUT2D eigenvalue weighted by atomic mass is 9.93. The standard InChI is InChI=1S/C26H23F3N2O5/c1-25(2)9-8-19-16-10-22(35-14-15-6-4-3-5-7-15)23(36-26(27,28)29)11-17(16)20-12-21(32)18(24(33)34)13-30(20)31(19)25/h3-7,10-13,19H,8-9,14H2,1-2H3,(H,33,34). The predicted molar refractivity (Wildman–Crippen MR) is 125 cm³/mol. The maximum Gasteiger partial charge on any atom is 0.573 e. The van der Waals surface area contributed by atoms with Crippen molar-refractivity contribution in [2.24, 2.45) is 0 Å². The number of carbonyl (C=O) groups is 1. The number of aromatic carboxylic acids is 1. The number of hydrogen-bond acceptors (Lipinski definition) is 5. The Balaban J connectivity index is 1.69. The summed E-state index contributed by atoms with van der Waals surface area (Å²) in [6.07, 6.45) is -2.31. The Morgan fingerprint density at radius 3 is 2.53 bits per heavy atom. The van der Waals surface area contributed by atoms with Gasteiger partial charge in [0.2, 0.25) is 0 Å². The van der Waals surface area contributed by atoms with Crippen molar-refractivity contribution in [3.63, 3.8) is 0 Å². The summed E-state index contributed by atoms with van der Waals surface area (Å²) < 4.78 is 51.7. The van der Waals surface area contributed by atoms with Crippen LogP contribution in [-0.4, -0.2) is 27.7 Å². The average Bonchev–Trinajstić information content (AvgIpc) is 3.12. The summed E-state index contributed by atoms with van der Waals surface area (Å²) in [5.41, 5.74) is 0.530. The highest BCUT2D eigenvalue weighted by molar-refractivity contribution is 5.88. The molecule has 2 aromatic carbocycles. The fourth-order valence-corrected chi connectivity index (χ4v) is 5.07. The lowest BCUT2D eigenvalue weighted by Gasteiger charge is -2.44. The van der Waals surface area contributed by atoms with Crippen LogP contribution < -0.4 is 19.9 Å². The van der Waals surface area contributed by atoms with Gasteiger partial charge in [-0.25, -0.2) is 4.79 Å². The maximum absolute atomic E-state index is 13.3. The third-order valence-electron chi connectivity index (χ3n) is 6.65. The number of halogens is 3. The predicted octanol–water partition coefficient (Wildman–Crippen LogP) is 5.26. The minimum atomic E-state index is -4.97. The lowest BCUT2D eigenvalue weighted by molar-refractivity contribution is -0.275. The van der Waals surface area contributed by atoms with E-state index in [1.54, 1.807) is 28.9 Å². The van der Waals surface area contributed by atoms with Gasteiger partial charge < -0.3 is 14.6 Å². The Labute approximate surface area is 204 Å². The van der Waals surface area contributed by atoms with Crippen molar-refractivity contribution in [3.8, 4) is 22.8 Å². The Hall–Kier alpha value is -3.95. The van der Waals surface area contributed by atoms with Crippen LogP contribution in [0, 0.1) is 0 Å². The second-order valence-corrected chi connectivity index (χ2v) is 9.51. The van der Waals surface area contributed by atoms with Gasteiger partial charge >= 0.3 is 12.3 Å². The minimum Gasteiger partial charge on any atom is -0.485 e. The van der Waals surface area contributed by atoms with Crippen LogP contribution in [0.15, 0.2) is 59.5 Å². The second-order valence-electron chi connectivity index (χ2n) is 9.51. The van der Waals surface area contributed by atoms with Crippen molar-refractivity contribution >= 4 is 5.97 Å². The quantitative estimate of drug-likeness (QED) is 0.515. The molecular weight excluding hydrogens is 477 g/mol. The number of aromatic nitrogens is 1. The van der Waals surface area contributed by atoms with E-state index in [0.717, 1.165) is 18.1 Å². The zero-order chi connectivity index (χ0) is 25.8. The summed E-state index contributed by atoms with van der Waals surface area (Å²) >= 11 is 0. The molecule has 188 valence electrons. The molecule has 1 aromatic heterocycles. The van der Waals surface area contributed by atoms with E-state index in [0.29, 0.717) is 17.5 Å². The molecule has 3 heterocycles. The van der Waals surface area contributed by atoms with Crippen LogP contribution in [0.3, 0.4) is 0 Å². The molecule has 36 heavy (non-hydrogen) atoms. The van der Waals surface area contributed by atoms with Gasteiger partial charge in [-0.15, -0.1) is 13.2 Å². The number of alkyl halides is 3. The van der Waals surface area contributed by atoms with Crippen LogP contribution in [0.5, 0.6) is 11.5 Å². The number of fused-ring (bicyclic) bond motifs is 6. The number of carboxylic acid groups (broad SMARTS) is 1. The molecule has 0 saturated carbocycles. The van der Waals surface area contributed by atoms with Crippen molar-refractivity contribution in [3.05, 3.63) is 81.6 Å². The number of carboxylic acids is 1. The molecule has 3 aromatic rings. The number of nitrogens with zero attached hydrogens (tertiary/aromatic N) is 2. The molecule has 2 aliphatic rings. The van der Waals surface area contributed by atoms with Gasteiger partial charge in [-0.05, 0) is 49.9 Å². The van der Waals surface area contributed by atoms with E-state index < -0.39 is 34.6 Å². The maximum atomic E-state index is 13.3. The van der Waals surface area contributed by atoms with Gasteiger partial charge in [0.05, 0.1) is 17.3 Å². The SMILES string of the molecule is CC1(C)CCC2c3cc(OCc4ccccc4)c(OC(F)(F)F)cc3-c3cc(=O)c(C(=O)O)cn3N21. The topological polar surface area (TPSA) is 81.0 Å². The molecule has 1 atom stereocenters. The molecule has 0 bridgehead atoms. The van der Waals surface area contributed by atoms with Gasteiger partial charge in [0.15, 0.2) is 16.9 Å². The van der Waals surface area contributed by atoms with Gasteiger partial charge in [0.25, 0.3) is 0 Å². The number of hydrogen-bond donors (Lipinski definition) is 1. The summed E-state index contributed by atoms with van der Waals surface area (Å²) in [7, 11) is 0. The van der Waals surface area contributed by atoms with Gasteiger partial charge in [-0.1, -0.05) is 30.3 Å². The van der Waals surface area contributed by atoms with E-state index in [1.165, 1.54) is 18.3 Å². The summed E-state index contributed by atoms with van der Waals surface area (Å²) in [6, 6.07) is 12.7. The van der Waals surface area contributed by atoms with Crippen LogP contribution in [0.25, 0.3) is 11.3 Å². The third kappa shape index (κ3) is 4.16. The summed E-state index contributed by atoms with van der Waals surface area (Å²) in [4.78, 5) is 24.2. The van der Waals surface area contributed by atoms with Crippen LogP contribution in [0.2, 0.25) is 0 Å². The van der Waals surface area contributed by atoms with Crippen molar-refractivity contribution in [2.45, 2.75) is 51.2 Å². The molecule has 1 unspecified atom stereocenters. The molecular formula is C26H23F3N2O5. The van der Waals surface area contributed by atoms with Crippen LogP contribution >= 0.6 is 0 Å². The Morgan fingerprint density at radius 1 is 1.14 bits per heavy atom. The number of ether oxygens (including phenoxy) is 2. The first-order valence-corrected chi connectivity index (χ1v) is 11.3. The number of pyridine rings is 1. The normalized spacial score (nSPS) is 17.7. The summed E-state index contributed by atoms with van der Waals surface area (Å²) in [5, 5.41) is 11.5. The molecule has 10 heteroatoms. The molecule has 1 fully saturated rings. The Kier molecular flexibility index (Phi) is 5.50. The van der Waals surface area contributed by atoms with Crippen molar-refractivity contribution in [1.29, 1.82) is 0 Å². The highest BCUT2D eigenvalue weighted by atomic mass is 19.4. The van der Waals surface area contributed by atoms with Gasteiger partial charge in [0, 0.05) is 17.8 Å². The second kappa shape index (κ2) is 8.32. The molecule has 1 N–H and O–H groups in total. The lowest BCUT2D eigenvalue weighted by Crippen LogP contribution is -2.50. The highest BCUT2D eigenvalue weighted by Crippen LogP contribution is 2.51. The molecule has 0 radical (unpaired) electrons. The first-order valence-electron chi connectivity index (χ1n) is 11.3. The largest absolute Gasteiger partial charge is 0.573 e.